The van der Waals surface area contributed by atoms with Crippen LogP contribution in [0.5, 0.6) is 0 Å². The molecule has 0 aliphatic carbocycles. The van der Waals surface area contributed by atoms with Crippen molar-refractivity contribution in [2.75, 3.05) is 6.61 Å². The molecule has 0 unspecified atom stereocenters. The molecule has 0 spiro atoms. The molecule has 0 bridgehead atoms. The smallest absolute Gasteiger partial charge is 0.334 e. The second-order valence-corrected chi connectivity index (χ2v) is 13.8. The summed E-state index contributed by atoms with van der Waals surface area (Å²) >= 11 is 0. The van der Waals surface area contributed by atoms with Crippen molar-refractivity contribution in [3.8, 4) is 0 Å². The first-order chi connectivity index (χ1) is 11.1. The van der Waals surface area contributed by atoms with Crippen molar-refractivity contribution in [3.63, 3.8) is 0 Å². The number of carboxylic acid groups (broad SMARTS) is 1. The molecule has 2 aliphatic heterocycles. The molecule has 0 aromatic carbocycles. The molecular formula is C17H29NO5Si. The summed E-state index contributed by atoms with van der Waals surface area (Å²) in [5.41, 5.74) is 0.351. The number of aliphatic hydroxyl groups is 1. The van der Waals surface area contributed by atoms with Gasteiger partial charge in [-0.2, -0.15) is 0 Å². The van der Waals surface area contributed by atoms with Crippen LogP contribution in [-0.4, -0.2) is 53.1 Å². The summed E-state index contributed by atoms with van der Waals surface area (Å²) in [5, 5.41) is 18.4. The highest BCUT2D eigenvalue weighted by Gasteiger charge is 2.76. The number of carboxylic acids is 1. The number of β-lactam (4-membered cyclic amide) rings is 1. The fourth-order valence-electron chi connectivity index (χ4n) is 5.58. The van der Waals surface area contributed by atoms with Gasteiger partial charge in [0.05, 0.1) is 13.0 Å². The van der Waals surface area contributed by atoms with E-state index in [1.54, 1.807) is 0 Å². The van der Waals surface area contributed by atoms with Crippen LogP contribution in [0.1, 0.15) is 48.0 Å². The first kappa shape index (κ1) is 19.0. The van der Waals surface area contributed by atoms with Crippen molar-refractivity contribution in [3.05, 3.63) is 11.8 Å². The Hall–Kier alpha value is -1.34. The quantitative estimate of drug-likeness (QED) is 0.565. The van der Waals surface area contributed by atoms with Gasteiger partial charge in [0.25, 0.3) is 0 Å². The van der Waals surface area contributed by atoms with E-state index in [1.807, 2.05) is 0 Å². The maximum Gasteiger partial charge on any atom is 0.334 e. The fourth-order valence-corrected chi connectivity index (χ4v) is 13.7. The summed E-state index contributed by atoms with van der Waals surface area (Å²) in [4.78, 5) is 26.6. The second kappa shape index (κ2) is 6.18. The molecule has 2 rings (SSSR count). The molecule has 6 nitrogen and oxygen atoms in total. The van der Waals surface area contributed by atoms with Gasteiger partial charge in [0.2, 0.25) is 5.91 Å². The molecule has 2 heterocycles. The van der Waals surface area contributed by atoms with Crippen molar-refractivity contribution >= 4 is 20.0 Å². The van der Waals surface area contributed by atoms with Crippen LogP contribution in [0.2, 0.25) is 16.6 Å². The molecule has 2 atom stereocenters. The molecule has 2 fully saturated rings. The Morgan fingerprint density at radius 1 is 1.29 bits per heavy atom. The highest BCUT2D eigenvalue weighted by molar-refractivity contribution is 6.90. The number of nitrogens with zero attached hydrogens (tertiary/aromatic N) is 1. The first-order valence-corrected chi connectivity index (χ1v) is 10.9. The molecule has 1 amide bonds. The van der Waals surface area contributed by atoms with Crippen LogP contribution in [0.15, 0.2) is 11.8 Å². The molecule has 0 saturated carbocycles. The Balaban J connectivity index is 2.88. The van der Waals surface area contributed by atoms with Crippen LogP contribution in [0.4, 0.5) is 0 Å². The lowest BCUT2D eigenvalue weighted by Crippen LogP contribution is -2.77. The van der Waals surface area contributed by atoms with Crippen LogP contribution in [-0.2, 0) is 14.3 Å². The highest BCUT2D eigenvalue weighted by Crippen LogP contribution is 2.59. The van der Waals surface area contributed by atoms with Crippen LogP contribution in [0.25, 0.3) is 0 Å². The summed E-state index contributed by atoms with van der Waals surface area (Å²) in [6.45, 7) is 12.1. The zero-order valence-electron chi connectivity index (χ0n) is 15.4. The third kappa shape index (κ3) is 2.03. The van der Waals surface area contributed by atoms with Gasteiger partial charge < -0.3 is 14.9 Å². The van der Waals surface area contributed by atoms with Gasteiger partial charge >= 0.3 is 5.97 Å². The Morgan fingerprint density at radius 2 is 1.79 bits per heavy atom. The van der Waals surface area contributed by atoms with E-state index in [1.165, 1.54) is 11.0 Å². The minimum absolute atomic E-state index is 0.117. The van der Waals surface area contributed by atoms with Crippen molar-refractivity contribution in [1.29, 1.82) is 0 Å². The van der Waals surface area contributed by atoms with E-state index in [9.17, 15) is 19.8 Å². The van der Waals surface area contributed by atoms with Crippen molar-refractivity contribution in [2.24, 2.45) is 0 Å². The summed E-state index contributed by atoms with van der Waals surface area (Å²) < 4.78 is 5.87. The minimum atomic E-state index is -2.70. The van der Waals surface area contributed by atoms with Crippen LogP contribution in [0.3, 0.4) is 0 Å². The first-order valence-electron chi connectivity index (χ1n) is 8.63. The van der Waals surface area contributed by atoms with E-state index < -0.39 is 25.4 Å². The fraction of sp³-hybridized carbons (Fsp3) is 0.765. The SMILES string of the molecule is CC(C)[Si](C(C)C)(C(C)C)[C@@]1(C(=O)O)/C(=C/CO)O[C@@H]2CC(=O)N21. The average molecular weight is 356 g/mol. The monoisotopic (exact) mass is 355 g/mol. The van der Waals surface area contributed by atoms with E-state index in [-0.39, 0.29) is 41.3 Å². The number of rotatable bonds is 6. The predicted molar refractivity (Wildman–Crippen MR) is 92.9 cm³/mol. The Morgan fingerprint density at radius 3 is 2.12 bits per heavy atom. The topological polar surface area (TPSA) is 87.1 Å². The number of aliphatic hydroxyl groups excluding tert-OH is 1. The van der Waals surface area contributed by atoms with E-state index in [4.69, 9.17) is 4.74 Å². The lowest BCUT2D eigenvalue weighted by atomic mass is 10.1. The maximum atomic E-state index is 12.7. The molecule has 0 radical (unpaired) electrons. The Bertz CT molecular complexity index is 550. The van der Waals surface area contributed by atoms with E-state index in [2.05, 4.69) is 41.5 Å². The normalized spacial score (nSPS) is 28.6. The van der Waals surface area contributed by atoms with Gasteiger partial charge in [-0.15, -0.1) is 0 Å². The van der Waals surface area contributed by atoms with Gasteiger partial charge in [-0.3, -0.25) is 9.69 Å². The summed E-state index contributed by atoms with van der Waals surface area (Å²) in [5.74, 6) is -0.945. The largest absolute Gasteiger partial charge is 0.479 e. The van der Waals surface area contributed by atoms with Crippen LogP contribution < -0.4 is 0 Å². The van der Waals surface area contributed by atoms with Gasteiger partial charge in [0.1, 0.15) is 13.8 Å². The minimum Gasteiger partial charge on any atom is -0.479 e. The Kier molecular flexibility index (Phi) is 4.89. The predicted octanol–water partition coefficient (Wildman–Crippen LogP) is 2.49. The Labute approximate surface area is 144 Å². The van der Waals surface area contributed by atoms with Gasteiger partial charge in [-0.25, -0.2) is 4.79 Å². The molecule has 0 aromatic rings. The van der Waals surface area contributed by atoms with Crippen molar-refractivity contribution in [1.82, 2.24) is 4.90 Å². The maximum absolute atomic E-state index is 12.7. The van der Waals surface area contributed by atoms with Crippen molar-refractivity contribution < 1.29 is 24.5 Å². The third-order valence-corrected chi connectivity index (χ3v) is 13.7. The van der Waals surface area contributed by atoms with Crippen molar-refractivity contribution in [2.45, 2.75) is 76.0 Å². The average Bonchev–Trinajstić information content (AvgIpc) is 2.68. The number of carbonyl (C=O) groups is 2. The number of hydrogen-bond donors (Lipinski definition) is 2. The molecule has 2 N–H and O–H groups in total. The van der Waals surface area contributed by atoms with Gasteiger partial charge in [0.15, 0.2) is 11.4 Å². The number of amides is 1. The van der Waals surface area contributed by atoms with Crippen LogP contribution in [0, 0.1) is 0 Å². The molecule has 136 valence electrons. The zero-order chi connectivity index (χ0) is 18.4. The second-order valence-electron chi connectivity index (χ2n) is 7.70. The lowest BCUT2D eigenvalue weighted by molar-refractivity contribution is -0.166. The van der Waals surface area contributed by atoms with E-state index >= 15 is 0 Å². The summed E-state index contributed by atoms with van der Waals surface area (Å²) in [6, 6.07) is 0. The van der Waals surface area contributed by atoms with Gasteiger partial charge in [-0.05, 0) is 22.7 Å². The number of fused-ring (bicyclic) bond motifs is 1. The molecular weight excluding hydrogens is 326 g/mol. The van der Waals surface area contributed by atoms with E-state index in [0.29, 0.717) is 0 Å². The van der Waals surface area contributed by atoms with Gasteiger partial charge in [-0.1, -0.05) is 41.5 Å². The van der Waals surface area contributed by atoms with Gasteiger partial charge in [0, 0.05) is 0 Å². The number of ether oxygens (including phenoxy) is 1. The number of aliphatic carboxylic acids is 1. The van der Waals surface area contributed by atoms with Crippen LogP contribution >= 0.6 is 0 Å². The standard InChI is InChI=1S/C17H29NO5Si/c1-10(2)24(11(3)4,12(5)6)17(16(21)22)13(7-8-19)23-15-9-14(20)18(15)17/h7,10-12,15,19H,8-9H2,1-6H3,(H,21,22)/b13-7-/t15-,17-/m1/s1. The lowest BCUT2D eigenvalue weighted by Gasteiger charge is -2.56. The molecule has 2 aliphatic rings. The highest BCUT2D eigenvalue weighted by atomic mass is 28.3. The molecule has 0 aromatic heterocycles. The third-order valence-electron chi connectivity index (χ3n) is 5.97. The zero-order valence-corrected chi connectivity index (χ0v) is 16.4. The van der Waals surface area contributed by atoms with E-state index in [0.717, 1.165) is 0 Å². The summed E-state index contributed by atoms with van der Waals surface area (Å²) in [6.07, 6.45) is 1.13. The molecule has 7 heteroatoms. The molecule has 2 saturated heterocycles. The number of carbonyl (C=O) groups excluding carboxylic acids is 1. The number of hydrogen-bond acceptors (Lipinski definition) is 4. The summed E-state index contributed by atoms with van der Waals surface area (Å²) in [7, 11) is -2.70. The molecule has 24 heavy (non-hydrogen) atoms.